The van der Waals surface area contributed by atoms with E-state index in [0.717, 1.165) is 24.3 Å². The maximum atomic E-state index is 12.2. The van der Waals surface area contributed by atoms with Crippen LogP contribution in [0.2, 0.25) is 0 Å². The highest BCUT2D eigenvalue weighted by Gasteiger charge is 2.40. The standard InChI is InChI=1S/C11H9F3N2O5/c12-11(13,14)10(19)15-8(5-9(17)18)6-1-3-7(4-2-6)16(20)21/h1-4,8H,5H2,(H,15,19)(H,17,18). The van der Waals surface area contributed by atoms with E-state index in [2.05, 4.69) is 0 Å². The Morgan fingerprint density at radius 1 is 1.29 bits per heavy atom. The number of hydrogen-bond donors (Lipinski definition) is 2. The fourth-order valence-electron chi connectivity index (χ4n) is 1.50. The smallest absolute Gasteiger partial charge is 0.471 e. The zero-order chi connectivity index (χ0) is 16.2. The van der Waals surface area contributed by atoms with Crippen molar-refractivity contribution < 1.29 is 32.8 Å². The molecule has 1 rings (SSSR count). The summed E-state index contributed by atoms with van der Waals surface area (Å²) in [4.78, 5) is 31.3. The maximum absolute atomic E-state index is 12.2. The topological polar surface area (TPSA) is 110 Å². The van der Waals surface area contributed by atoms with Crippen LogP contribution in [0.1, 0.15) is 18.0 Å². The molecular weight excluding hydrogens is 297 g/mol. The first kappa shape index (κ1) is 16.4. The number of carboxylic acids is 1. The number of alkyl halides is 3. The zero-order valence-corrected chi connectivity index (χ0v) is 10.3. The second-order valence-electron chi connectivity index (χ2n) is 3.97. The number of carbonyl (C=O) groups excluding carboxylic acids is 1. The predicted molar refractivity (Wildman–Crippen MR) is 62.3 cm³/mol. The third kappa shape index (κ3) is 4.75. The van der Waals surface area contributed by atoms with Crippen LogP contribution in [-0.2, 0) is 9.59 Å². The van der Waals surface area contributed by atoms with Crippen molar-refractivity contribution in [3.63, 3.8) is 0 Å². The largest absolute Gasteiger partial charge is 0.481 e. The number of amides is 1. The lowest BCUT2D eigenvalue weighted by atomic mass is 10.0. The fourth-order valence-corrected chi connectivity index (χ4v) is 1.50. The molecule has 0 fully saturated rings. The van der Waals surface area contributed by atoms with E-state index < -0.39 is 35.4 Å². The molecule has 1 atom stereocenters. The van der Waals surface area contributed by atoms with Crippen molar-refractivity contribution >= 4 is 17.6 Å². The van der Waals surface area contributed by atoms with Gasteiger partial charge in [-0.05, 0) is 5.56 Å². The van der Waals surface area contributed by atoms with Gasteiger partial charge in [-0.2, -0.15) is 13.2 Å². The minimum Gasteiger partial charge on any atom is -0.481 e. The lowest BCUT2D eigenvalue weighted by Gasteiger charge is -2.18. The number of halogens is 3. The molecule has 7 nitrogen and oxygen atoms in total. The number of nitro groups is 1. The maximum Gasteiger partial charge on any atom is 0.471 e. The average molecular weight is 306 g/mol. The molecule has 0 aliphatic carbocycles. The van der Waals surface area contributed by atoms with Crippen LogP contribution in [0.4, 0.5) is 18.9 Å². The van der Waals surface area contributed by atoms with Gasteiger partial charge in [0.25, 0.3) is 5.69 Å². The van der Waals surface area contributed by atoms with Gasteiger partial charge in [-0.25, -0.2) is 0 Å². The minimum absolute atomic E-state index is 0.0144. The SMILES string of the molecule is O=C(O)CC(NC(=O)C(F)(F)F)c1ccc([N+](=O)[O-])cc1. The highest BCUT2D eigenvalue weighted by Crippen LogP contribution is 2.23. The number of nitrogens with one attached hydrogen (secondary N) is 1. The van der Waals surface area contributed by atoms with Crippen molar-refractivity contribution in [2.45, 2.75) is 18.6 Å². The van der Waals surface area contributed by atoms with Crippen LogP contribution in [0.3, 0.4) is 0 Å². The fraction of sp³-hybridized carbons (Fsp3) is 0.273. The van der Waals surface area contributed by atoms with Gasteiger partial charge in [0.1, 0.15) is 0 Å². The van der Waals surface area contributed by atoms with Crippen LogP contribution in [0.5, 0.6) is 0 Å². The number of hydrogen-bond acceptors (Lipinski definition) is 4. The molecule has 21 heavy (non-hydrogen) atoms. The molecule has 2 N–H and O–H groups in total. The quantitative estimate of drug-likeness (QED) is 0.636. The molecule has 1 unspecified atom stereocenters. The molecule has 10 heteroatoms. The van der Waals surface area contributed by atoms with E-state index in [1.54, 1.807) is 0 Å². The first-order valence-electron chi connectivity index (χ1n) is 5.45. The number of rotatable bonds is 5. The molecule has 1 aromatic carbocycles. The lowest BCUT2D eigenvalue weighted by molar-refractivity contribution is -0.384. The summed E-state index contributed by atoms with van der Waals surface area (Å²) < 4.78 is 36.6. The highest BCUT2D eigenvalue weighted by atomic mass is 19.4. The Labute approximate surface area is 115 Å². The van der Waals surface area contributed by atoms with Gasteiger partial charge in [0.05, 0.1) is 17.4 Å². The summed E-state index contributed by atoms with van der Waals surface area (Å²) in [6, 6.07) is 2.73. The molecule has 0 saturated heterocycles. The van der Waals surface area contributed by atoms with Crippen LogP contribution < -0.4 is 5.32 Å². The lowest BCUT2D eigenvalue weighted by Crippen LogP contribution is -2.39. The van der Waals surface area contributed by atoms with Gasteiger partial charge in [0.15, 0.2) is 0 Å². The van der Waals surface area contributed by atoms with E-state index in [1.165, 1.54) is 5.32 Å². The van der Waals surface area contributed by atoms with Crippen LogP contribution in [0.15, 0.2) is 24.3 Å². The number of nitrogens with zero attached hydrogens (tertiary/aromatic N) is 1. The van der Waals surface area contributed by atoms with Crippen LogP contribution in [0.25, 0.3) is 0 Å². The van der Waals surface area contributed by atoms with Crippen LogP contribution in [-0.4, -0.2) is 28.1 Å². The van der Waals surface area contributed by atoms with E-state index in [4.69, 9.17) is 5.11 Å². The molecule has 0 bridgehead atoms. The average Bonchev–Trinajstić information content (AvgIpc) is 2.36. The normalized spacial score (nSPS) is 12.5. The van der Waals surface area contributed by atoms with E-state index in [1.807, 2.05) is 0 Å². The van der Waals surface area contributed by atoms with E-state index in [-0.39, 0.29) is 11.3 Å². The summed E-state index contributed by atoms with van der Waals surface area (Å²) in [5.74, 6) is -3.71. The summed E-state index contributed by atoms with van der Waals surface area (Å²) in [7, 11) is 0. The third-order valence-electron chi connectivity index (χ3n) is 2.45. The van der Waals surface area contributed by atoms with Crippen molar-refractivity contribution in [1.29, 1.82) is 0 Å². The van der Waals surface area contributed by atoms with Gasteiger partial charge in [0, 0.05) is 12.1 Å². The van der Waals surface area contributed by atoms with E-state index in [9.17, 15) is 32.9 Å². The van der Waals surface area contributed by atoms with E-state index >= 15 is 0 Å². The van der Waals surface area contributed by atoms with Crippen molar-refractivity contribution in [1.82, 2.24) is 5.32 Å². The molecule has 0 saturated carbocycles. The Hall–Kier alpha value is -2.65. The predicted octanol–water partition coefficient (Wildman–Crippen LogP) is 1.79. The van der Waals surface area contributed by atoms with Crippen molar-refractivity contribution in [2.75, 3.05) is 0 Å². The highest BCUT2D eigenvalue weighted by molar-refractivity contribution is 5.82. The molecule has 1 amide bonds. The summed E-state index contributed by atoms with van der Waals surface area (Å²) in [6.07, 6.45) is -5.95. The number of carbonyl (C=O) groups is 2. The number of aliphatic carboxylic acids is 1. The molecule has 1 aromatic rings. The summed E-state index contributed by atoms with van der Waals surface area (Å²) in [5.41, 5.74) is -0.296. The number of carboxylic acid groups (broad SMARTS) is 1. The van der Waals surface area contributed by atoms with Gasteiger partial charge in [-0.15, -0.1) is 0 Å². The van der Waals surface area contributed by atoms with Crippen LogP contribution >= 0.6 is 0 Å². The molecule has 0 aliphatic heterocycles. The molecule has 0 spiro atoms. The number of non-ortho nitro benzene ring substituents is 1. The molecule has 114 valence electrons. The van der Waals surface area contributed by atoms with Gasteiger partial charge in [0.2, 0.25) is 0 Å². The molecule has 0 heterocycles. The number of benzene rings is 1. The second kappa shape index (κ2) is 6.20. The molecule has 0 aliphatic rings. The van der Waals surface area contributed by atoms with E-state index in [0.29, 0.717) is 0 Å². The van der Waals surface area contributed by atoms with Gasteiger partial charge in [-0.1, -0.05) is 12.1 Å². The Morgan fingerprint density at radius 3 is 2.19 bits per heavy atom. The Kier molecular flexibility index (Phi) is 4.84. The minimum atomic E-state index is -5.16. The summed E-state index contributed by atoms with van der Waals surface area (Å²) in [6.45, 7) is 0. The summed E-state index contributed by atoms with van der Waals surface area (Å²) >= 11 is 0. The first-order valence-corrected chi connectivity index (χ1v) is 5.45. The Morgan fingerprint density at radius 2 is 1.81 bits per heavy atom. The van der Waals surface area contributed by atoms with Gasteiger partial charge >= 0.3 is 18.1 Å². The monoisotopic (exact) mass is 306 g/mol. The second-order valence-corrected chi connectivity index (χ2v) is 3.97. The zero-order valence-electron chi connectivity index (χ0n) is 10.3. The van der Waals surface area contributed by atoms with Gasteiger partial charge < -0.3 is 10.4 Å². The molecule has 0 radical (unpaired) electrons. The van der Waals surface area contributed by atoms with Crippen molar-refractivity contribution in [3.8, 4) is 0 Å². The van der Waals surface area contributed by atoms with Crippen molar-refractivity contribution in [2.24, 2.45) is 0 Å². The third-order valence-corrected chi connectivity index (χ3v) is 2.45. The molecule has 0 aromatic heterocycles. The van der Waals surface area contributed by atoms with Crippen molar-refractivity contribution in [3.05, 3.63) is 39.9 Å². The summed E-state index contributed by atoms with van der Waals surface area (Å²) in [5, 5.41) is 20.7. The first-order chi connectivity index (χ1) is 9.61. The van der Waals surface area contributed by atoms with Crippen LogP contribution in [0, 0.1) is 10.1 Å². The molecular formula is C11H9F3N2O5. The Bertz CT molecular complexity index is 556. The number of nitro benzene ring substituents is 1. The Balaban J connectivity index is 2.99. The van der Waals surface area contributed by atoms with Gasteiger partial charge in [-0.3, -0.25) is 19.7 Å².